The lowest BCUT2D eigenvalue weighted by Crippen LogP contribution is -2.17. The van der Waals surface area contributed by atoms with Gasteiger partial charge in [0.1, 0.15) is 11.6 Å². The van der Waals surface area contributed by atoms with Crippen LogP contribution in [0.5, 0.6) is 0 Å². The van der Waals surface area contributed by atoms with Crippen LogP contribution in [0.15, 0.2) is 24.3 Å². The summed E-state index contributed by atoms with van der Waals surface area (Å²) in [6.07, 6.45) is 0.635. The third-order valence-electron chi connectivity index (χ3n) is 2.38. The first-order valence-corrected chi connectivity index (χ1v) is 5.31. The Kier molecular flexibility index (Phi) is 3.19. The number of nitrogens with two attached hydrogens (primary N) is 1. The minimum atomic E-state index is -0.621. The summed E-state index contributed by atoms with van der Waals surface area (Å²) in [5, 5.41) is 6.77. The number of aromatic amines is 1. The Labute approximate surface area is 97.7 Å². The molecule has 0 amide bonds. The van der Waals surface area contributed by atoms with Crippen LogP contribution >= 0.6 is 0 Å². The number of nitrogens with zero attached hydrogens (tertiary/aromatic N) is 1. The zero-order chi connectivity index (χ0) is 12.4. The summed E-state index contributed by atoms with van der Waals surface area (Å²) in [6, 6.07) is 5.14. The van der Waals surface area contributed by atoms with Crippen LogP contribution in [0.1, 0.15) is 12.6 Å². The number of nitrogens with one attached hydrogen (secondary N) is 1. The summed E-state index contributed by atoms with van der Waals surface area (Å²) >= 11 is 0. The lowest BCUT2D eigenvalue weighted by molar-refractivity contribution is 0.585. The molecule has 0 bridgehead atoms. The molecule has 2 aromatic rings. The Morgan fingerprint density at radius 3 is 2.76 bits per heavy atom. The number of hydrogen-bond donors (Lipinski definition) is 2. The summed E-state index contributed by atoms with van der Waals surface area (Å²) < 4.78 is 26.2. The van der Waals surface area contributed by atoms with Gasteiger partial charge in [-0.25, -0.2) is 8.78 Å². The molecule has 1 unspecified atom stereocenters. The fourth-order valence-electron chi connectivity index (χ4n) is 1.65. The van der Waals surface area contributed by atoms with E-state index in [4.69, 9.17) is 5.73 Å². The smallest absolute Gasteiger partial charge is 0.135 e. The highest BCUT2D eigenvalue weighted by Gasteiger charge is 2.10. The molecule has 0 spiro atoms. The average Bonchev–Trinajstić information content (AvgIpc) is 2.65. The Morgan fingerprint density at radius 2 is 2.12 bits per heavy atom. The number of halogens is 2. The van der Waals surface area contributed by atoms with E-state index in [1.54, 1.807) is 6.07 Å². The minimum Gasteiger partial charge on any atom is -0.328 e. The first-order valence-electron chi connectivity index (χ1n) is 5.31. The van der Waals surface area contributed by atoms with Crippen LogP contribution in [0.3, 0.4) is 0 Å². The van der Waals surface area contributed by atoms with Crippen molar-refractivity contribution in [3.05, 3.63) is 41.6 Å². The lowest BCUT2D eigenvalue weighted by Gasteiger charge is -2.00. The van der Waals surface area contributed by atoms with E-state index in [0.717, 1.165) is 11.8 Å². The van der Waals surface area contributed by atoms with Gasteiger partial charge in [0, 0.05) is 29.8 Å². The van der Waals surface area contributed by atoms with Crippen LogP contribution in [0.25, 0.3) is 11.3 Å². The molecule has 0 saturated carbocycles. The molecule has 1 aromatic heterocycles. The van der Waals surface area contributed by atoms with Crippen molar-refractivity contribution in [3.63, 3.8) is 0 Å². The normalized spacial score (nSPS) is 12.7. The van der Waals surface area contributed by atoms with E-state index in [-0.39, 0.29) is 11.6 Å². The standard InChI is InChI=1S/C12H13F2N3/c1-7(15)4-9-6-12(17-16-9)10-3-2-8(13)5-11(10)14/h2-3,5-7H,4,15H2,1H3,(H,16,17). The van der Waals surface area contributed by atoms with Gasteiger partial charge in [-0.2, -0.15) is 5.10 Å². The largest absolute Gasteiger partial charge is 0.328 e. The van der Waals surface area contributed by atoms with Crippen LogP contribution in [-0.4, -0.2) is 16.2 Å². The molecule has 5 heteroatoms. The van der Waals surface area contributed by atoms with Crippen molar-refractivity contribution in [1.29, 1.82) is 0 Å². The van der Waals surface area contributed by atoms with Gasteiger partial charge in [0.15, 0.2) is 0 Å². The van der Waals surface area contributed by atoms with Gasteiger partial charge in [-0.15, -0.1) is 0 Å². The molecule has 2 rings (SSSR count). The summed E-state index contributed by atoms with van der Waals surface area (Å²) in [6.45, 7) is 1.87. The van der Waals surface area contributed by atoms with Crippen molar-refractivity contribution in [1.82, 2.24) is 10.2 Å². The summed E-state index contributed by atoms with van der Waals surface area (Å²) in [4.78, 5) is 0. The maximum atomic E-state index is 13.5. The summed E-state index contributed by atoms with van der Waals surface area (Å²) in [7, 11) is 0. The third-order valence-corrected chi connectivity index (χ3v) is 2.38. The molecule has 0 fully saturated rings. The van der Waals surface area contributed by atoms with Crippen LogP contribution < -0.4 is 5.73 Å². The van der Waals surface area contributed by atoms with Crippen molar-refractivity contribution in [2.45, 2.75) is 19.4 Å². The molecule has 0 aliphatic rings. The van der Waals surface area contributed by atoms with Crippen LogP contribution in [0.4, 0.5) is 8.78 Å². The first-order chi connectivity index (χ1) is 8.06. The van der Waals surface area contributed by atoms with Gasteiger partial charge >= 0.3 is 0 Å². The van der Waals surface area contributed by atoms with Gasteiger partial charge in [0.2, 0.25) is 0 Å². The molecular formula is C12H13F2N3. The predicted molar refractivity (Wildman–Crippen MR) is 61.3 cm³/mol. The molecule has 1 heterocycles. The van der Waals surface area contributed by atoms with E-state index in [2.05, 4.69) is 10.2 Å². The van der Waals surface area contributed by atoms with Crippen LogP contribution in [0, 0.1) is 11.6 Å². The van der Waals surface area contributed by atoms with Gasteiger partial charge in [-0.1, -0.05) is 0 Å². The number of hydrogen-bond acceptors (Lipinski definition) is 2. The quantitative estimate of drug-likeness (QED) is 0.860. The molecule has 0 saturated heterocycles. The highest BCUT2D eigenvalue weighted by atomic mass is 19.1. The highest BCUT2D eigenvalue weighted by molar-refractivity contribution is 5.60. The molecule has 1 atom stereocenters. The molecule has 0 aliphatic carbocycles. The van der Waals surface area contributed by atoms with Gasteiger partial charge in [-0.05, 0) is 25.1 Å². The van der Waals surface area contributed by atoms with Crippen LogP contribution in [0.2, 0.25) is 0 Å². The van der Waals surface area contributed by atoms with E-state index >= 15 is 0 Å². The lowest BCUT2D eigenvalue weighted by atomic mass is 10.1. The zero-order valence-electron chi connectivity index (χ0n) is 9.37. The van der Waals surface area contributed by atoms with E-state index < -0.39 is 11.6 Å². The predicted octanol–water partition coefficient (Wildman–Crippen LogP) is 2.24. The fourth-order valence-corrected chi connectivity index (χ4v) is 1.65. The number of H-pyrrole nitrogens is 1. The van der Waals surface area contributed by atoms with Gasteiger partial charge in [0.25, 0.3) is 0 Å². The van der Waals surface area contributed by atoms with Crippen molar-refractivity contribution >= 4 is 0 Å². The monoisotopic (exact) mass is 237 g/mol. The maximum Gasteiger partial charge on any atom is 0.135 e. The number of benzene rings is 1. The van der Waals surface area contributed by atoms with Crippen molar-refractivity contribution < 1.29 is 8.78 Å². The second kappa shape index (κ2) is 4.63. The van der Waals surface area contributed by atoms with E-state index in [1.165, 1.54) is 12.1 Å². The first kappa shape index (κ1) is 11.7. The fraction of sp³-hybridized carbons (Fsp3) is 0.250. The summed E-state index contributed by atoms with van der Waals surface area (Å²) in [5.41, 5.74) is 7.22. The molecule has 1 aromatic carbocycles. The molecule has 0 aliphatic heterocycles. The van der Waals surface area contributed by atoms with Gasteiger partial charge < -0.3 is 5.73 Å². The second-order valence-corrected chi connectivity index (χ2v) is 4.08. The van der Waals surface area contributed by atoms with Crippen LogP contribution in [-0.2, 0) is 6.42 Å². The van der Waals surface area contributed by atoms with Gasteiger partial charge in [-0.3, -0.25) is 5.10 Å². The number of aromatic nitrogens is 2. The van der Waals surface area contributed by atoms with E-state index in [0.29, 0.717) is 12.1 Å². The highest BCUT2D eigenvalue weighted by Crippen LogP contribution is 2.22. The van der Waals surface area contributed by atoms with Gasteiger partial charge in [0.05, 0.1) is 5.69 Å². The third kappa shape index (κ3) is 2.68. The molecule has 3 N–H and O–H groups in total. The molecule has 17 heavy (non-hydrogen) atoms. The minimum absolute atomic E-state index is 0.00126. The Bertz CT molecular complexity index is 520. The Morgan fingerprint density at radius 1 is 1.35 bits per heavy atom. The van der Waals surface area contributed by atoms with Crippen molar-refractivity contribution in [2.75, 3.05) is 0 Å². The topological polar surface area (TPSA) is 54.7 Å². The maximum absolute atomic E-state index is 13.5. The number of rotatable bonds is 3. The Balaban J connectivity index is 2.30. The van der Waals surface area contributed by atoms with E-state index in [9.17, 15) is 8.78 Å². The molecule has 3 nitrogen and oxygen atoms in total. The summed E-state index contributed by atoms with van der Waals surface area (Å²) in [5.74, 6) is -1.22. The van der Waals surface area contributed by atoms with Crippen molar-refractivity contribution in [2.24, 2.45) is 5.73 Å². The molecule has 90 valence electrons. The molecule has 0 radical (unpaired) electrons. The second-order valence-electron chi connectivity index (χ2n) is 4.08. The Hall–Kier alpha value is -1.75. The van der Waals surface area contributed by atoms with E-state index in [1.807, 2.05) is 6.92 Å². The SMILES string of the molecule is CC(N)Cc1cc(-c2ccc(F)cc2F)n[nH]1. The zero-order valence-corrected chi connectivity index (χ0v) is 9.37. The van der Waals surface area contributed by atoms with Crippen molar-refractivity contribution in [3.8, 4) is 11.3 Å². The molecular weight excluding hydrogens is 224 g/mol. The average molecular weight is 237 g/mol.